The highest BCUT2D eigenvalue weighted by Crippen LogP contribution is 2.42. The van der Waals surface area contributed by atoms with Crippen molar-refractivity contribution < 1.29 is 28.5 Å². The molecule has 1 aromatic rings. The Hall–Kier alpha value is -2.16. The molecule has 0 saturated carbocycles. The summed E-state index contributed by atoms with van der Waals surface area (Å²) < 4.78 is 22.3. The van der Waals surface area contributed by atoms with Crippen LogP contribution in [0.5, 0.6) is 5.75 Å². The minimum Gasteiger partial charge on any atom is -0.497 e. The summed E-state index contributed by atoms with van der Waals surface area (Å²) in [6, 6.07) is 7.33. The molecule has 3 aliphatic heterocycles. The van der Waals surface area contributed by atoms with Crippen LogP contribution in [0.3, 0.4) is 0 Å². The van der Waals surface area contributed by atoms with Crippen molar-refractivity contribution in [2.75, 3.05) is 51.5 Å². The quantitative estimate of drug-likeness (QED) is 0.634. The molecule has 0 radical (unpaired) electrons. The number of hydrogen-bond acceptors (Lipinski definition) is 6. The largest absolute Gasteiger partial charge is 0.497 e. The van der Waals surface area contributed by atoms with E-state index in [1.54, 1.807) is 12.0 Å². The number of benzene rings is 1. The molecule has 8 nitrogen and oxygen atoms in total. The number of rotatable bonds is 8. The predicted octanol–water partition coefficient (Wildman–Crippen LogP) is 2.11. The van der Waals surface area contributed by atoms with Crippen molar-refractivity contribution >= 4 is 17.5 Å². The van der Waals surface area contributed by atoms with E-state index in [1.807, 2.05) is 24.3 Å². The lowest BCUT2D eigenvalue weighted by atomic mass is 9.75. The van der Waals surface area contributed by atoms with Crippen LogP contribution in [-0.2, 0) is 23.8 Å². The molecule has 1 N–H and O–H groups in total. The van der Waals surface area contributed by atoms with E-state index in [4.69, 9.17) is 18.9 Å². The number of amides is 2. The smallest absolute Gasteiger partial charge is 0.227 e. The maximum atomic E-state index is 12.7. The Kier molecular flexibility index (Phi) is 7.09. The molecule has 0 unspecified atom stereocenters. The Labute approximate surface area is 183 Å². The van der Waals surface area contributed by atoms with Gasteiger partial charge in [-0.2, -0.15) is 0 Å². The number of carbonyl (C=O) groups excluding carboxylic acids is 2. The van der Waals surface area contributed by atoms with Crippen molar-refractivity contribution in [3.63, 3.8) is 0 Å². The third kappa shape index (κ3) is 5.02. The van der Waals surface area contributed by atoms with Gasteiger partial charge in [0.2, 0.25) is 11.8 Å². The van der Waals surface area contributed by atoms with Crippen LogP contribution >= 0.6 is 0 Å². The van der Waals surface area contributed by atoms with Gasteiger partial charge in [-0.25, -0.2) is 0 Å². The van der Waals surface area contributed by atoms with E-state index < -0.39 is 0 Å². The Bertz CT molecular complexity index is 756. The van der Waals surface area contributed by atoms with Crippen LogP contribution in [0.2, 0.25) is 0 Å². The summed E-state index contributed by atoms with van der Waals surface area (Å²) in [6.45, 7) is 3.72. The Morgan fingerprint density at radius 3 is 2.55 bits per heavy atom. The van der Waals surface area contributed by atoms with E-state index in [2.05, 4.69) is 5.32 Å². The van der Waals surface area contributed by atoms with Crippen molar-refractivity contribution in [3.05, 3.63) is 24.3 Å². The van der Waals surface area contributed by atoms with Crippen LogP contribution in [0, 0.1) is 11.3 Å². The molecule has 3 saturated heterocycles. The third-order valence-electron chi connectivity index (χ3n) is 6.64. The number of ether oxygens (including phenoxy) is 4. The molecular formula is C23H32N2O6. The van der Waals surface area contributed by atoms with E-state index in [0.29, 0.717) is 26.3 Å². The van der Waals surface area contributed by atoms with Gasteiger partial charge in [0.05, 0.1) is 26.2 Å². The van der Waals surface area contributed by atoms with Gasteiger partial charge in [-0.1, -0.05) is 0 Å². The lowest BCUT2D eigenvalue weighted by Crippen LogP contribution is -2.42. The number of nitrogens with zero attached hydrogens (tertiary/aromatic N) is 1. The average molecular weight is 433 g/mol. The molecule has 0 bridgehead atoms. The molecule has 4 rings (SSSR count). The van der Waals surface area contributed by atoms with Crippen molar-refractivity contribution in [1.29, 1.82) is 0 Å². The summed E-state index contributed by atoms with van der Waals surface area (Å²) in [4.78, 5) is 26.8. The Morgan fingerprint density at radius 1 is 1.16 bits per heavy atom. The lowest BCUT2D eigenvalue weighted by molar-refractivity contribution is -0.168. The maximum Gasteiger partial charge on any atom is 0.227 e. The highest BCUT2D eigenvalue weighted by molar-refractivity contribution is 6.00. The van der Waals surface area contributed by atoms with E-state index in [0.717, 1.165) is 50.3 Å². The lowest BCUT2D eigenvalue weighted by Gasteiger charge is -2.40. The van der Waals surface area contributed by atoms with Crippen LogP contribution in [0.15, 0.2) is 24.3 Å². The molecular weight excluding hydrogens is 400 g/mol. The fourth-order valence-corrected chi connectivity index (χ4v) is 4.78. The van der Waals surface area contributed by atoms with Crippen molar-refractivity contribution in [2.24, 2.45) is 11.3 Å². The zero-order chi connectivity index (χ0) is 21.7. The highest BCUT2D eigenvalue weighted by Gasteiger charge is 2.43. The van der Waals surface area contributed by atoms with Crippen LogP contribution in [0.4, 0.5) is 5.69 Å². The van der Waals surface area contributed by atoms with E-state index >= 15 is 0 Å². The minimum absolute atomic E-state index is 0.0259. The average Bonchev–Trinajstić information content (AvgIpc) is 3.48. The van der Waals surface area contributed by atoms with Crippen molar-refractivity contribution in [2.45, 2.75) is 38.4 Å². The second-order valence-electron chi connectivity index (χ2n) is 8.55. The molecule has 31 heavy (non-hydrogen) atoms. The molecule has 3 fully saturated rings. The topological polar surface area (TPSA) is 86.3 Å². The monoisotopic (exact) mass is 432 g/mol. The van der Waals surface area contributed by atoms with E-state index in [-0.39, 0.29) is 35.9 Å². The highest BCUT2D eigenvalue weighted by atomic mass is 16.7. The van der Waals surface area contributed by atoms with Crippen LogP contribution in [0.1, 0.15) is 32.1 Å². The van der Waals surface area contributed by atoms with Gasteiger partial charge in [-0.3, -0.25) is 9.59 Å². The molecule has 0 spiro atoms. The zero-order valence-corrected chi connectivity index (χ0v) is 18.1. The molecule has 0 aromatic heterocycles. The number of anilines is 1. The van der Waals surface area contributed by atoms with Gasteiger partial charge in [-0.05, 0) is 49.9 Å². The Balaban J connectivity index is 1.25. The normalized spacial score (nSPS) is 23.8. The standard InChI is InChI=1S/C23H32N2O6/c1-28-19-5-3-18(4-6-19)25-16-17(15-20(25)26)21(27)24-10-2-7-23(8-11-29-12-9-23)22-30-13-14-31-22/h3-6,17,22H,2,7-16H2,1H3,(H,24,27)/t17-/m1/s1. The van der Waals surface area contributed by atoms with Gasteiger partial charge in [0.15, 0.2) is 6.29 Å². The van der Waals surface area contributed by atoms with Crippen LogP contribution in [0.25, 0.3) is 0 Å². The molecule has 3 aliphatic rings. The number of hydrogen-bond donors (Lipinski definition) is 1. The molecule has 2 amide bonds. The number of methoxy groups -OCH3 is 1. The molecule has 8 heteroatoms. The first-order chi connectivity index (χ1) is 15.1. The molecule has 0 aliphatic carbocycles. The fourth-order valence-electron chi connectivity index (χ4n) is 4.78. The third-order valence-corrected chi connectivity index (χ3v) is 6.64. The molecule has 1 aromatic carbocycles. The Morgan fingerprint density at radius 2 is 1.87 bits per heavy atom. The summed E-state index contributed by atoms with van der Waals surface area (Å²) in [5.41, 5.74) is 0.757. The van der Waals surface area contributed by atoms with Crippen molar-refractivity contribution in [1.82, 2.24) is 5.32 Å². The molecule has 1 atom stereocenters. The van der Waals surface area contributed by atoms with Crippen LogP contribution in [-0.4, -0.2) is 64.7 Å². The summed E-state index contributed by atoms with van der Waals surface area (Å²) in [7, 11) is 1.61. The van der Waals surface area contributed by atoms with Crippen LogP contribution < -0.4 is 15.0 Å². The summed E-state index contributed by atoms with van der Waals surface area (Å²) in [5, 5.41) is 3.03. The van der Waals surface area contributed by atoms with Gasteiger partial charge >= 0.3 is 0 Å². The SMILES string of the molecule is COc1ccc(N2C[C@H](C(=O)NCCCC3(C4OCCO4)CCOCC3)CC2=O)cc1. The second-order valence-corrected chi connectivity index (χ2v) is 8.55. The zero-order valence-electron chi connectivity index (χ0n) is 18.1. The summed E-state index contributed by atoms with van der Waals surface area (Å²) >= 11 is 0. The van der Waals surface area contributed by atoms with Gasteiger partial charge in [-0.15, -0.1) is 0 Å². The van der Waals surface area contributed by atoms with E-state index in [9.17, 15) is 9.59 Å². The van der Waals surface area contributed by atoms with Gasteiger partial charge < -0.3 is 29.2 Å². The summed E-state index contributed by atoms with van der Waals surface area (Å²) in [5.74, 6) is 0.328. The second kappa shape index (κ2) is 9.97. The first-order valence-corrected chi connectivity index (χ1v) is 11.1. The molecule has 170 valence electrons. The maximum absolute atomic E-state index is 12.7. The first kappa shape index (κ1) is 22.0. The van der Waals surface area contributed by atoms with Crippen molar-refractivity contribution in [3.8, 4) is 5.75 Å². The summed E-state index contributed by atoms with van der Waals surface area (Å²) in [6.07, 6.45) is 3.67. The predicted molar refractivity (Wildman–Crippen MR) is 114 cm³/mol. The minimum atomic E-state index is -0.326. The molecule has 3 heterocycles. The van der Waals surface area contributed by atoms with Gasteiger partial charge in [0.1, 0.15) is 5.75 Å². The number of carbonyl (C=O) groups is 2. The number of nitrogens with one attached hydrogen (secondary N) is 1. The fraction of sp³-hybridized carbons (Fsp3) is 0.652. The van der Waals surface area contributed by atoms with E-state index in [1.165, 1.54) is 0 Å². The first-order valence-electron chi connectivity index (χ1n) is 11.1. The van der Waals surface area contributed by atoms with Gasteiger partial charge in [0.25, 0.3) is 0 Å². The van der Waals surface area contributed by atoms with Gasteiger partial charge in [0, 0.05) is 43.8 Å².